The van der Waals surface area contributed by atoms with Gasteiger partial charge in [0.2, 0.25) is 10.0 Å². The summed E-state index contributed by atoms with van der Waals surface area (Å²) in [5.74, 6) is -0.174. The standard InChI is InChI=1S/C26H23ClFN5O3S2/c1-36-23-15-17(9-11-20(23)31-38(2,34)35)33-25(24(30-26(33)37)21-6-3-4-12-29-21)22-7-5-13-32(22)16-8-10-19(28)18(27)14-16/h3-15,24-25,31H,1-2H3,(H,30,37). The highest BCUT2D eigenvalue weighted by Gasteiger charge is 2.42. The van der Waals surface area contributed by atoms with Gasteiger partial charge in [-0.25, -0.2) is 12.8 Å². The number of sulfonamides is 1. The maximum absolute atomic E-state index is 13.9. The van der Waals surface area contributed by atoms with Gasteiger partial charge < -0.3 is 19.5 Å². The van der Waals surface area contributed by atoms with E-state index in [0.717, 1.165) is 17.6 Å². The van der Waals surface area contributed by atoms with E-state index in [1.807, 2.05) is 46.0 Å². The van der Waals surface area contributed by atoms with Crippen LogP contribution in [0.1, 0.15) is 23.5 Å². The van der Waals surface area contributed by atoms with Crippen LogP contribution >= 0.6 is 23.8 Å². The van der Waals surface area contributed by atoms with Crippen molar-refractivity contribution >= 4 is 50.3 Å². The van der Waals surface area contributed by atoms with Crippen LogP contribution in [0.5, 0.6) is 5.75 Å². The molecule has 2 aromatic heterocycles. The smallest absolute Gasteiger partial charge is 0.229 e. The minimum atomic E-state index is -3.52. The highest BCUT2D eigenvalue weighted by atomic mass is 35.5. The van der Waals surface area contributed by atoms with Crippen LogP contribution in [0.25, 0.3) is 5.69 Å². The van der Waals surface area contributed by atoms with E-state index in [-0.39, 0.29) is 11.1 Å². The fourth-order valence-corrected chi connectivity index (χ4v) is 5.64. The van der Waals surface area contributed by atoms with Crippen LogP contribution in [0.2, 0.25) is 5.02 Å². The van der Waals surface area contributed by atoms with Crippen LogP contribution in [0, 0.1) is 5.82 Å². The molecule has 1 fully saturated rings. The summed E-state index contributed by atoms with van der Waals surface area (Å²) < 4.78 is 47.5. The van der Waals surface area contributed by atoms with Crippen LogP contribution in [0.15, 0.2) is 79.1 Å². The number of hydrogen-bond donors (Lipinski definition) is 2. The third-order valence-electron chi connectivity index (χ3n) is 6.12. The van der Waals surface area contributed by atoms with Gasteiger partial charge in [-0.15, -0.1) is 0 Å². The van der Waals surface area contributed by atoms with Gasteiger partial charge >= 0.3 is 0 Å². The second-order valence-electron chi connectivity index (χ2n) is 8.66. The first-order valence-electron chi connectivity index (χ1n) is 11.5. The van der Waals surface area contributed by atoms with Crippen LogP contribution in [0.4, 0.5) is 15.8 Å². The third-order valence-corrected chi connectivity index (χ3v) is 7.32. The largest absolute Gasteiger partial charge is 0.494 e. The van der Waals surface area contributed by atoms with Crippen molar-refractivity contribution in [2.45, 2.75) is 12.1 Å². The minimum absolute atomic E-state index is 0.0130. The first kappa shape index (κ1) is 26.0. The molecule has 1 saturated heterocycles. The molecule has 2 unspecified atom stereocenters. The van der Waals surface area contributed by atoms with Crippen molar-refractivity contribution in [3.8, 4) is 11.4 Å². The maximum atomic E-state index is 13.9. The number of aromatic nitrogens is 2. The summed E-state index contributed by atoms with van der Waals surface area (Å²) in [6, 6.07) is 18.4. The normalized spacial score (nSPS) is 17.4. The van der Waals surface area contributed by atoms with Crippen molar-refractivity contribution in [2.75, 3.05) is 23.0 Å². The lowest BCUT2D eigenvalue weighted by atomic mass is 10.0. The number of ether oxygens (including phenoxy) is 1. The van der Waals surface area contributed by atoms with Gasteiger partial charge in [0, 0.05) is 35.5 Å². The van der Waals surface area contributed by atoms with E-state index in [2.05, 4.69) is 15.0 Å². The summed E-state index contributed by atoms with van der Waals surface area (Å²) in [7, 11) is -2.05. The van der Waals surface area contributed by atoms with Gasteiger partial charge in [-0.05, 0) is 66.8 Å². The van der Waals surface area contributed by atoms with Crippen LogP contribution in [0.3, 0.4) is 0 Å². The van der Waals surface area contributed by atoms with Gasteiger partial charge in [-0.1, -0.05) is 17.7 Å². The van der Waals surface area contributed by atoms with E-state index >= 15 is 0 Å². The summed E-state index contributed by atoms with van der Waals surface area (Å²) in [5.41, 5.74) is 3.27. The molecule has 3 heterocycles. The van der Waals surface area contributed by atoms with Gasteiger partial charge in [0.25, 0.3) is 0 Å². The second kappa shape index (κ2) is 10.2. The fourth-order valence-electron chi connectivity index (χ4n) is 4.55. The molecule has 2 aromatic carbocycles. The Bertz CT molecular complexity index is 1610. The molecule has 0 aliphatic carbocycles. The molecule has 2 N–H and O–H groups in total. The number of rotatable bonds is 7. The summed E-state index contributed by atoms with van der Waals surface area (Å²) in [6.45, 7) is 0. The molecule has 0 amide bonds. The Hall–Kier alpha value is -3.67. The minimum Gasteiger partial charge on any atom is -0.494 e. The van der Waals surface area contributed by atoms with E-state index in [1.54, 1.807) is 36.5 Å². The third kappa shape index (κ3) is 5.04. The number of halogens is 2. The number of anilines is 2. The number of nitrogens with zero attached hydrogens (tertiary/aromatic N) is 3. The Balaban J connectivity index is 1.65. The summed E-state index contributed by atoms with van der Waals surface area (Å²) in [4.78, 5) is 6.50. The van der Waals surface area contributed by atoms with Crippen LogP contribution in [-0.4, -0.2) is 36.4 Å². The van der Waals surface area contributed by atoms with Gasteiger partial charge in [0.1, 0.15) is 17.6 Å². The first-order valence-corrected chi connectivity index (χ1v) is 14.1. The van der Waals surface area contributed by atoms with Crippen LogP contribution < -0.4 is 19.7 Å². The van der Waals surface area contributed by atoms with Crippen molar-refractivity contribution in [3.63, 3.8) is 0 Å². The van der Waals surface area contributed by atoms with Gasteiger partial charge in [0.05, 0.1) is 35.8 Å². The monoisotopic (exact) mass is 571 g/mol. The zero-order valence-corrected chi connectivity index (χ0v) is 22.7. The average molecular weight is 572 g/mol. The summed E-state index contributed by atoms with van der Waals surface area (Å²) >= 11 is 11.9. The molecule has 0 spiro atoms. The Labute approximate surface area is 230 Å². The predicted molar refractivity (Wildman–Crippen MR) is 150 cm³/mol. The quantitative estimate of drug-likeness (QED) is 0.294. The van der Waals surface area contributed by atoms with Gasteiger partial charge in [0.15, 0.2) is 5.11 Å². The van der Waals surface area contributed by atoms with Crippen molar-refractivity contribution in [1.29, 1.82) is 0 Å². The molecule has 4 aromatic rings. The summed E-state index contributed by atoms with van der Waals surface area (Å²) in [6.07, 6.45) is 4.66. The molecule has 0 saturated carbocycles. The molecule has 1 aliphatic heterocycles. The Morgan fingerprint density at radius 2 is 1.89 bits per heavy atom. The van der Waals surface area contributed by atoms with Crippen molar-refractivity contribution in [2.24, 2.45) is 0 Å². The van der Waals surface area contributed by atoms with E-state index in [1.165, 1.54) is 13.2 Å². The average Bonchev–Trinajstić information content (AvgIpc) is 3.50. The number of methoxy groups -OCH3 is 1. The van der Waals surface area contributed by atoms with Crippen molar-refractivity contribution in [3.05, 3.63) is 101 Å². The molecule has 2 atom stereocenters. The zero-order chi connectivity index (χ0) is 27.0. The lowest BCUT2D eigenvalue weighted by Crippen LogP contribution is -2.30. The Kier molecular flexibility index (Phi) is 6.99. The molecule has 196 valence electrons. The fraction of sp³-hybridized carbons (Fsp3) is 0.154. The molecule has 0 radical (unpaired) electrons. The van der Waals surface area contributed by atoms with Crippen LogP contribution in [-0.2, 0) is 10.0 Å². The molecule has 12 heteroatoms. The van der Waals surface area contributed by atoms with E-state index < -0.39 is 21.9 Å². The molecule has 5 rings (SSSR count). The van der Waals surface area contributed by atoms with Crippen molar-refractivity contribution < 1.29 is 17.5 Å². The molecule has 0 bridgehead atoms. The lowest BCUT2D eigenvalue weighted by molar-refractivity contribution is 0.417. The SMILES string of the molecule is COc1cc(N2C(=S)NC(c3ccccn3)C2c2cccn2-c2ccc(F)c(Cl)c2)ccc1NS(C)(=O)=O. The van der Waals surface area contributed by atoms with Crippen molar-refractivity contribution in [1.82, 2.24) is 14.9 Å². The molecule has 1 aliphatic rings. The number of pyridine rings is 1. The number of hydrogen-bond acceptors (Lipinski definition) is 5. The number of thiocarbonyl (C=S) groups is 1. The molecule has 8 nitrogen and oxygen atoms in total. The maximum Gasteiger partial charge on any atom is 0.229 e. The van der Waals surface area contributed by atoms with E-state index in [4.69, 9.17) is 28.6 Å². The molecular formula is C26H23ClFN5O3S2. The number of nitrogens with one attached hydrogen (secondary N) is 2. The Morgan fingerprint density at radius 1 is 1.11 bits per heavy atom. The second-order valence-corrected chi connectivity index (χ2v) is 11.2. The predicted octanol–water partition coefficient (Wildman–Crippen LogP) is 5.22. The highest BCUT2D eigenvalue weighted by Crippen LogP contribution is 2.44. The Morgan fingerprint density at radius 3 is 2.58 bits per heavy atom. The van der Waals surface area contributed by atoms with Gasteiger partial charge in [-0.2, -0.15) is 0 Å². The van der Waals surface area contributed by atoms with E-state index in [9.17, 15) is 12.8 Å². The first-order chi connectivity index (χ1) is 18.2. The lowest BCUT2D eigenvalue weighted by Gasteiger charge is -2.29. The number of benzene rings is 2. The molecule has 38 heavy (non-hydrogen) atoms. The summed E-state index contributed by atoms with van der Waals surface area (Å²) in [5, 5.41) is 3.85. The molecular weight excluding hydrogens is 549 g/mol. The van der Waals surface area contributed by atoms with E-state index in [0.29, 0.717) is 27.9 Å². The zero-order valence-electron chi connectivity index (χ0n) is 20.3. The topological polar surface area (TPSA) is 88.5 Å². The van der Waals surface area contributed by atoms with Gasteiger partial charge in [-0.3, -0.25) is 9.71 Å². The highest BCUT2D eigenvalue weighted by molar-refractivity contribution is 7.92.